The molecule has 140 valence electrons. The van der Waals surface area contributed by atoms with E-state index in [0.29, 0.717) is 10.4 Å². The maximum Gasteiger partial charge on any atom is 0.260 e. The van der Waals surface area contributed by atoms with Gasteiger partial charge in [-0.05, 0) is 36.3 Å². The predicted molar refractivity (Wildman–Crippen MR) is 107 cm³/mol. The number of fused-ring (bicyclic) bond motifs is 1. The van der Waals surface area contributed by atoms with Gasteiger partial charge in [-0.3, -0.25) is 4.79 Å². The van der Waals surface area contributed by atoms with Gasteiger partial charge in [0.2, 0.25) is 0 Å². The van der Waals surface area contributed by atoms with Crippen molar-refractivity contribution < 1.29 is 9.90 Å². The Hall–Kier alpha value is -3.23. The number of rotatable bonds is 4. The topological polar surface area (TPSA) is 104 Å². The Bertz CT molecular complexity index is 1270. The lowest BCUT2D eigenvalue weighted by molar-refractivity contribution is -0.254. The van der Waals surface area contributed by atoms with E-state index in [-0.39, 0.29) is 21.1 Å². The molecular formula is C19H12ClN4O3S-. The van der Waals surface area contributed by atoms with Gasteiger partial charge in [-0.1, -0.05) is 23.7 Å². The van der Waals surface area contributed by atoms with Crippen LogP contribution in [0.4, 0.5) is 0 Å². The molecule has 3 heterocycles. The maximum absolute atomic E-state index is 12.4. The van der Waals surface area contributed by atoms with Crippen LogP contribution in [0.5, 0.6) is 0 Å². The number of carboxylic acids is 1. The number of carbonyl (C=O) groups is 1. The summed E-state index contributed by atoms with van der Waals surface area (Å²) in [6.45, 7) is 1.56. The third-order valence-electron chi connectivity index (χ3n) is 4.20. The highest BCUT2D eigenvalue weighted by atomic mass is 35.5. The summed E-state index contributed by atoms with van der Waals surface area (Å²) in [5.41, 5.74) is 1.66. The lowest BCUT2D eigenvalue weighted by atomic mass is 10.2. The molecule has 3 aromatic heterocycles. The zero-order valence-electron chi connectivity index (χ0n) is 14.5. The van der Waals surface area contributed by atoms with Gasteiger partial charge in [0.25, 0.3) is 5.56 Å². The van der Waals surface area contributed by atoms with Crippen molar-refractivity contribution in [3.05, 3.63) is 75.2 Å². The third kappa shape index (κ3) is 3.23. The van der Waals surface area contributed by atoms with E-state index >= 15 is 0 Å². The second-order valence-electron chi connectivity index (χ2n) is 5.99. The number of thiophene rings is 1. The summed E-state index contributed by atoms with van der Waals surface area (Å²) in [6.07, 6.45) is 6.90. The fourth-order valence-corrected chi connectivity index (χ4v) is 4.05. The molecule has 0 aliphatic heterocycles. The lowest BCUT2D eigenvalue weighted by Gasteiger charge is -2.03. The number of aryl methyl sites for hydroxylation is 1. The molecule has 28 heavy (non-hydrogen) atoms. The average Bonchev–Trinajstić information content (AvgIpc) is 3.31. The monoisotopic (exact) mass is 411 g/mol. The van der Waals surface area contributed by atoms with Crippen LogP contribution in [0.1, 0.15) is 26.6 Å². The van der Waals surface area contributed by atoms with Crippen LogP contribution < -0.4 is 10.7 Å². The Morgan fingerprint density at radius 2 is 2.07 bits per heavy atom. The SMILES string of the molecule is Cc1c(C(=O)[O-])sc2nc(/C(Cl)=C/c3ccc(-n4ccnc4)cc3)[nH]c(=O)c12. The Morgan fingerprint density at radius 1 is 1.32 bits per heavy atom. The van der Waals surface area contributed by atoms with Crippen molar-refractivity contribution in [2.75, 3.05) is 0 Å². The van der Waals surface area contributed by atoms with Crippen LogP contribution in [-0.4, -0.2) is 25.5 Å². The van der Waals surface area contributed by atoms with Crippen molar-refractivity contribution >= 4 is 50.2 Å². The summed E-state index contributed by atoms with van der Waals surface area (Å²) >= 11 is 7.25. The Morgan fingerprint density at radius 3 is 2.71 bits per heavy atom. The van der Waals surface area contributed by atoms with Gasteiger partial charge in [0, 0.05) is 18.1 Å². The first kappa shape index (κ1) is 18.1. The highest BCUT2D eigenvalue weighted by molar-refractivity contribution is 7.20. The van der Waals surface area contributed by atoms with Crippen LogP contribution in [0.15, 0.2) is 47.8 Å². The van der Waals surface area contributed by atoms with E-state index in [0.717, 1.165) is 22.6 Å². The summed E-state index contributed by atoms with van der Waals surface area (Å²) in [5.74, 6) is -1.16. The maximum atomic E-state index is 12.4. The van der Waals surface area contributed by atoms with Crippen molar-refractivity contribution in [3.63, 3.8) is 0 Å². The number of nitrogens with one attached hydrogen (secondary N) is 1. The van der Waals surface area contributed by atoms with Crippen molar-refractivity contribution in [1.82, 2.24) is 19.5 Å². The van der Waals surface area contributed by atoms with Crippen LogP contribution in [0.25, 0.3) is 27.0 Å². The molecule has 0 aliphatic carbocycles. The minimum atomic E-state index is -1.33. The number of nitrogens with zero attached hydrogens (tertiary/aromatic N) is 3. The zero-order chi connectivity index (χ0) is 19.8. The van der Waals surface area contributed by atoms with E-state index in [1.807, 2.05) is 35.0 Å². The molecule has 0 amide bonds. The number of imidazole rings is 1. The molecule has 0 unspecified atom stereocenters. The molecule has 4 aromatic rings. The number of carboxylic acid groups (broad SMARTS) is 1. The van der Waals surface area contributed by atoms with Crippen LogP contribution in [0.2, 0.25) is 0 Å². The van der Waals surface area contributed by atoms with Gasteiger partial charge >= 0.3 is 0 Å². The van der Waals surface area contributed by atoms with Gasteiger partial charge in [-0.15, -0.1) is 11.3 Å². The van der Waals surface area contributed by atoms with Gasteiger partial charge in [-0.2, -0.15) is 0 Å². The molecule has 0 spiro atoms. The fourth-order valence-electron chi connectivity index (χ4n) is 2.82. The summed E-state index contributed by atoms with van der Waals surface area (Å²) in [4.78, 5) is 34.8. The van der Waals surface area contributed by atoms with Gasteiger partial charge in [-0.25, -0.2) is 9.97 Å². The number of hydrogen-bond acceptors (Lipinski definition) is 6. The Kier molecular flexibility index (Phi) is 4.58. The smallest absolute Gasteiger partial charge is 0.260 e. The molecule has 1 aromatic carbocycles. The standard InChI is InChI=1S/C19H13ClN4O3S/c1-10-14-17(25)22-16(23-18(14)28-15(10)19(26)27)13(20)8-11-2-4-12(5-3-11)24-7-6-21-9-24/h2-9H,1H3,(H,26,27)(H,22,23,25)/p-1/b13-8-. The first-order valence-corrected chi connectivity index (χ1v) is 9.34. The zero-order valence-corrected chi connectivity index (χ0v) is 16.0. The van der Waals surface area contributed by atoms with Crippen molar-refractivity contribution in [2.24, 2.45) is 0 Å². The summed E-state index contributed by atoms with van der Waals surface area (Å²) in [6, 6.07) is 7.56. The number of aromatic amines is 1. The fraction of sp³-hybridized carbons (Fsp3) is 0.0526. The molecule has 0 aliphatic rings. The molecule has 0 radical (unpaired) electrons. The molecule has 0 saturated carbocycles. The number of benzene rings is 1. The molecule has 0 bridgehead atoms. The quantitative estimate of drug-likeness (QED) is 0.555. The van der Waals surface area contributed by atoms with Crippen LogP contribution in [0, 0.1) is 6.92 Å². The summed E-state index contributed by atoms with van der Waals surface area (Å²) < 4.78 is 1.87. The molecule has 7 nitrogen and oxygen atoms in total. The minimum Gasteiger partial charge on any atom is -0.544 e. The number of carbonyl (C=O) groups excluding carboxylic acids is 1. The van der Waals surface area contributed by atoms with E-state index in [1.54, 1.807) is 25.5 Å². The van der Waals surface area contributed by atoms with Crippen molar-refractivity contribution in [1.29, 1.82) is 0 Å². The van der Waals surface area contributed by atoms with Gasteiger partial charge < -0.3 is 19.5 Å². The molecule has 4 rings (SSSR count). The average molecular weight is 412 g/mol. The largest absolute Gasteiger partial charge is 0.544 e. The van der Waals surface area contributed by atoms with Gasteiger partial charge in [0.15, 0.2) is 5.82 Å². The molecule has 0 saturated heterocycles. The highest BCUT2D eigenvalue weighted by Crippen LogP contribution is 2.28. The highest BCUT2D eigenvalue weighted by Gasteiger charge is 2.15. The predicted octanol–water partition coefficient (Wildman–Crippen LogP) is 2.58. The number of halogens is 1. The first-order valence-electron chi connectivity index (χ1n) is 8.15. The van der Waals surface area contributed by atoms with Crippen LogP contribution in [-0.2, 0) is 0 Å². The van der Waals surface area contributed by atoms with E-state index in [2.05, 4.69) is 15.0 Å². The van der Waals surface area contributed by atoms with E-state index in [1.165, 1.54) is 0 Å². The second-order valence-corrected chi connectivity index (χ2v) is 7.40. The minimum absolute atomic E-state index is 0.0136. The van der Waals surface area contributed by atoms with Crippen molar-refractivity contribution in [3.8, 4) is 5.69 Å². The van der Waals surface area contributed by atoms with E-state index in [4.69, 9.17) is 11.6 Å². The lowest BCUT2D eigenvalue weighted by Crippen LogP contribution is -2.21. The van der Waals surface area contributed by atoms with Gasteiger partial charge in [0.05, 0.1) is 27.6 Å². The van der Waals surface area contributed by atoms with Crippen molar-refractivity contribution in [2.45, 2.75) is 6.92 Å². The number of H-pyrrole nitrogens is 1. The summed E-state index contributed by atoms with van der Waals surface area (Å²) in [5, 5.41) is 11.7. The molecule has 9 heteroatoms. The van der Waals surface area contributed by atoms with E-state index in [9.17, 15) is 14.7 Å². The van der Waals surface area contributed by atoms with Crippen LogP contribution in [0.3, 0.4) is 0 Å². The molecule has 0 atom stereocenters. The Balaban J connectivity index is 1.71. The number of aromatic nitrogens is 4. The summed E-state index contributed by atoms with van der Waals surface area (Å²) in [7, 11) is 0. The van der Waals surface area contributed by atoms with E-state index < -0.39 is 11.5 Å². The number of hydrogen-bond donors (Lipinski definition) is 1. The molecule has 1 N–H and O–H groups in total. The normalized spacial score (nSPS) is 11.9. The third-order valence-corrected chi connectivity index (χ3v) is 5.66. The van der Waals surface area contributed by atoms with Crippen LogP contribution >= 0.6 is 22.9 Å². The number of aromatic carboxylic acids is 1. The second kappa shape index (κ2) is 7.06. The molecule has 0 fully saturated rings. The van der Waals surface area contributed by atoms with Gasteiger partial charge in [0.1, 0.15) is 4.83 Å². The molecular weight excluding hydrogens is 400 g/mol. The first-order chi connectivity index (χ1) is 13.4. The Labute approximate surface area is 167 Å².